The molecule has 0 aromatic heterocycles. The zero-order chi connectivity index (χ0) is 11.6. The maximum atomic E-state index is 12.0. The third-order valence-corrected chi connectivity index (χ3v) is 3.95. The van der Waals surface area contributed by atoms with Crippen LogP contribution in [0.5, 0.6) is 0 Å². The third-order valence-electron chi connectivity index (χ3n) is 3.42. The highest BCUT2D eigenvalue weighted by molar-refractivity contribution is 9.10. The van der Waals surface area contributed by atoms with Crippen molar-refractivity contribution in [2.45, 2.75) is 31.1 Å². The highest BCUT2D eigenvalue weighted by Crippen LogP contribution is 2.41. The first-order valence-corrected chi connectivity index (χ1v) is 6.25. The fourth-order valence-electron chi connectivity index (χ4n) is 2.53. The second-order valence-corrected chi connectivity index (χ2v) is 5.19. The summed E-state index contributed by atoms with van der Waals surface area (Å²) in [6.07, 6.45) is 3.95. The molecular weight excluding hydrogens is 268 g/mol. The Labute approximate surface area is 104 Å². The first-order valence-electron chi connectivity index (χ1n) is 5.46. The lowest BCUT2D eigenvalue weighted by Gasteiger charge is -2.27. The molecule has 86 valence electrons. The minimum atomic E-state index is -0.407. The van der Waals surface area contributed by atoms with Gasteiger partial charge in [0.05, 0.1) is 5.41 Å². The number of hydrazine groups is 1. The number of nitrogens with one attached hydrogen (secondary N) is 1. The number of amides is 1. The van der Waals surface area contributed by atoms with E-state index in [1.165, 1.54) is 0 Å². The van der Waals surface area contributed by atoms with Crippen LogP contribution >= 0.6 is 15.9 Å². The second-order valence-electron chi connectivity index (χ2n) is 4.27. The van der Waals surface area contributed by atoms with E-state index >= 15 is 0 Å². The fourth-order valence-corrected chi connectivity index (χ4v) is 2.80. The van der Waals surface area contributed by atoms with Crippen molar-refractivity contribution in [3.05, 3.63) is 34.3 Å². The smallest absolute Gasteiger partial charge is 0.244 e. The number of hydrogen-bond donors (Lipinski definition) is 2. The normalized spacial score (nSPS) is 18.4. The summed E-state index contributed by atoms with van der Waals surface area (Å²) in [4.78, 5) is 12.0. The average molecular weight is 283 g/mol. The van der Waals surface area contributed by atoms with Crippen molar-refractivity contribution < 1.29 is 4.79 Å². The van der Waals surface area contributed by atoms with Crippen molar-refractivity contribution in [3.8, 4) is 0 Å². The maximum Gasteiger partial charge on any atom is 0.244 e. The van der Waals surface area contributed by atoms with Gasteiger partial charge < -0.3 is 0 Å². The molecule has 4 heteroatoms. The highest BCUT2D eigenvalue weighted by Gasteiger charge is 2.42. The van der Waals surface area contributed by atoms with E-state index in [2.05, 4.69) is 21.4 Å². The van der Waals surface area contributed by atoms with Gasteiger partial charge in [-0.05, 0) is 30.5 Å². The lowest BCUT2D eigenvalue weighted by atomic mass is 9.78. The van der Waals surface area contributed by atoms with E-state index in [0.29, 0.717) is 0 Å². The molecule has 0 radical (unpaired) electrons. The maximum absolute atomic E-state index is 12.0. The molecule has 1 amide bonds. The number of rotatable bonds is 2. The Morgan fingerprint density at radius 3 is 2.31 bits per heavy atom. The summed E-state index contributed by atoms with van der Waals surface area (Å²) in [6.45, 7) is 0. The molecule has 0 heterocycles. The van der Waals surface area contributed by atoms with Crippen molar-refractivity contribution in [3.63, 3.8) is 0 Å². The van der Waals surface area contributed by atoms with E-state index in [1.807, 2.05) is 24.3 Å². The molecule has 1 aromatic rings. The molecule has 16 heavy (non-hydrogen) atoms. The predicted octanol–water partition coefficient (Wildman–Crippen LogP) is 2.25. The van der Waals surface area contributed by atoms with E-state index in [9.17, 15) is 4.79 Å². The van der Waals surface area contributed by atoms with Gasteiger partial charge in [0.2, 0.25) is 5.91 Å². The van der Waals surface area contributed by atoms with Gasteiger partial charge in [-0.25, -0.2) is 5.84 Å². The number of benzene rings is 1. The summed E-state index contributed by atoms with van der Waals surface area (Å²) >= 11 is 3.40. The zero-order valence-electron chi connectivity index (χ0n) is 9.00. The van der Waals surface area contributed by atoms with E-state index in [4.69, 9.17) is 5.84 Å². The number of halogens is 1. The topological polar surface area (TPSA) is 55.1 Å². The zero-order valence-corrected chi connectivity index (χ0v) is 10.6. The van der Waals surface area contributed by atoms with Crippen molar-refractivity contribution in [1.29, 1.82) is 0 Å². The van der Waals surface area contributed by atoms with Crippen LogP contribution < -0.4 is 11.3 Å². The Bertz CT molecular complexity index is 383. The molecule has 0 bridgehead atoms. The quantitative estimate of drug-likeness (QED) is 0.497. The van der Waals surface area contributed by atoms with Crippen LogP contribution in [0.15, 0.2) is 28.7 Å². The van der Waals surface area contributed by atoms with Crippen LogP contribution in [0.4, 0.5) is 0 Å². The molecule has 3 nitrogen and oxygen atoms in total. The molecular formula is C12H15BrN2O. The van der Waals surface area contributed by atoms with Crippen LogP contribution in [-0.4, -0.2) is 5.91 Å². The molecule has 3 N–H and O–H groups in total. The Hall–Kier alpha value is -0.870. The van der Waals surface area contributed by atoms with Gasteiger partial charge in [0, 0.05) is 4.47 Å². The second kappa shape index (κ2) is 4.55. The molecule has 0 atom stereocenters. The fraction of sp³-hybridized carbons (Fsp3) is 0.417. The van der Waals surface area contributed by atoms with E-state index in [-0.39, 0.29) is 5.91 Å². The van der Waals surface area contributed by atoms with Crippen molar-refractivity contribution >= 4 is 21.8 Å². The molecule has 0 saturated heterocycles. The SMILES string of the molecule is NNC(=O)C1(c2ccc(Br)cc2)CCCC1. The molecule has 1 aliphatic carbocycles. The molecule has 0 unspecified atom stereocenters. The highest BCUT2D eigenvalue weighted by atomic mass is 79.9. The standard InChI is InChI=1S/C12H15BrN2O/c13-10-5-3-9(4-6-10)12(11(16)15-14)7-1-2-8-12/h3-6H,1-2,7-8,14H2,(H,15,16). The first-order chi connectivity index (χ1) is 7.69. The Balaban J connectivity index is 2.39. The van der Waals surface area contributed by atoms with Crippen LogP contribution in [0, 0.1) is 0 Å². The van der Waals surface area contributed by atoms with Crippen LogP contribution in [0.1, 0.15) is 31.2 Å². The summed E-state index contributed by atoms with van der Waals surface area (Å²) in [5.41, 5.74) is 2.97. The van der Waals surface area contributed by atoms with Gasteiger partial charge in [0.15, 0.2) is 0 Å². The Morgan fingerprint density at radius 1 is 1.25 bits per heavy atom. The summed E-state index contributed by atoms with van der Waals surface area (Å²) in [5, 5.41) is 0. The van der Waals surface area contributed by atoms with Gasteiger partial charge in [-0.15, -0.1) is 0 Å². The molecule has 1 aliphatic rings. The summed E-state index contributed by atoms with van der Waals surface area (Å²) in [6, 6.07) is 7.95. The van der Waals surface area contributed by atoms with Gasteiger partial charge >= 0.3 is 0 Å². The van der Waals surface area contributed by atoms with Crippen molar-refractivity contribution in [2.75, 3.05) is 0 Å². The summed E-state index contributed by atoms with van der Waals surface area (Å²) < 4.78 is 1.03. The van der Waals surface area contributed by atoms with Crippen LogP contribution in [-0.2, 0) is 10.2 Å². The monoisotopic (exact) mass is 282 g/mol. The molecule has 1 aromatic carbocycles. The number of nitrogens with two attached hydrogens (primary N) is 1. The molecule has 0 spiro atoms. The lowest BCUT2D eigenvalue weighted by Crippen LogP contribution is -2.45. The largest absolute Gasteiger partial charge is 0.293 e. The molecule has 1 fully saturated rings. The number of hydrogen-bond acceptors (Lipinski definition) is 2. The van der Waals surface area contributed by atoms with Crippen LogP contribution in [0.3, 0.4) is 0 Å². The van der Waals surface area contributed by atoms with E-state index in [0.717, 1.165) is 35.7 Å². The summed E-state index contributed by atoms with van der Waals surface area (Å²) in [7, 11) is 0. The number of carbonyl (C=O) groups excluding carboxylic acids is 1. The van der Waals surface area contributed by atoms with Gasteiger partial charge in [-0.3, -0.25) is 10.2 Å². The Kier molecular flexibility index (Phi) is 3.30. The minimum absolute atomic E-state index is 0.0627. The van der Waals surface area contributed by atoms with Crippen LogP contribution in [0.25, 0.3) is 0 Å². The van der Waals surface area contributed by atoms with Gasteiger partial charge in [0.1, 0.15) is 0 Å². The van der Waals surface area contributed by atoms with E-state index < -0.39 is 5.41 Å². The average Bonchev–Trinajstić information content (AvgIpc) is 2.79. The Morgan fingerprint density at radius 2 is 1.81 bits per heavy atom. The van der Waals surface area contributed by atoms with Gasteiger partial charge in [-0.1, -0.05) is 40.9 Å². The lowest BCUT2D eigenvalue weighted by molar-refractivity contribution is -0.126. The van der Waals surface area contributed by atoms with Gasteiger partial charge in [0.25, 0.3) is 0 Å². The summed E-state index contributed by atoms with van der Waals surface area (Å²) in [5.74, 6) is 5.23. The van der Waals surface area contributed by atoms with E-state index in [1.54, 1.807) is 0 Å². The molecule has 1 saturated carbocycles. The van der Waals surface area contributed by atoms with Crippen molar-refractivity contribution in [2.24, 2.45) is 5.84 Å². The third kappa shape index (κ3) is 1.87. The van der Waals surface area contributed by atoms with Gasteiger partial charge in [-0.2, -0.15) is 0 Å². The number of carbonyl (C=O) groups is 1. The predicted molar refractivity (Wildman–Crippen MR) is 66.6 cm³/mol. The first kappa shape index (κ1) is 11.6. The molecule has 2 rings (SSSR count). The van der Waals surface area contributed by atoms with Crippen molar-refractivity contribution in [1.82, 2.24) is 5.43 Å². The minimum Gasteiger partial charge on any atom is -0.293 e. The van der Waals surface area contributed by atoms with Crippen LogP contribution in [0.2, 0.25) is 0 Å². The molecule has 0 aliphatic heterocycles.